The maximum atomic E-state index is 13.3. The van der Waals surface area contributed by atoms with Crippen LogP contribution in [0.1, 0.15) is 48.6 Å². The summed E-state index contributed by atoms with van der Waals surface area (Å²) in [5, 5.41) is 11.1. The summed E-state index contributed by atoms with van der Waals surface area (Å²) in [4.78, 5) is 7.79. The molecule has 0 unspecified atom stereocenters. The Morgan fingerprint density at radius 2 is 1.86 bits per heavy atom. The Morgan fingerprint density at radius 1 is 1.06 bits per heavy atom. The van der Waals surface area contributed by atoms with Crippen molar-refractivity contribution in [2.75, 3.05) is 18.5 Å². The second kappa shape index (κ2) is 8.81. The fourth-order valence-corrected chi connectivity index (χ4v) is 4.26. The highest BCUT2D eigenvalue weighted by Gasteiger charge is 2.38. The summed E-state index contributed by atoms with van der Waals surface area (Å²) in [6, 6.07) is 1.73. The van der Waals surface area contributed by atoms with Crippen molar-refractivity contribution in [1.29, 1.82) is 0 Å². The summed E-state index contributed by atoms with van der Waals surface area (Å²) >= 11 is 0. The number of nitrogens with one attached hydrogen (secondary N) is 1. The molecule has 0 radical (unpaired) electrons. The summed E-state index contributed by atoms with van der Waals surface area (Å²) in [7, 11) is 0. The van der Waals surface area contributed by atoms with E-state index < -0.39 is 35.5 Å². The summed E-state index contributed by atoms with van der Waals surface area (Å²) in [5.41, 5.74) is -1.78. The molecule has 2 atom stereocenters. The van der Waals surface area contributed by atoms with Gasteiger partial charge in [-0.3, -0.25) is 4.40 Å². The molecule has 14 heteroatoms. The minimum Gasteiger partial charge on any atom is -0.469 e. The molecule has 35 heavy (non-hydrogen) atoms. The number of alkyl halides is 6. The van der Waals surface area contributed by atoms with Crippen LogP contribution in [0.2, 0.25) is 0 Å². The van der Waals surface area contributed by atoms with Crippen molar-refractivity contribution >= 4 is 11.6 Å². The van der Waals surface area contributed by atoms with E-state index in [0.29, 0.717) is 24.9 Å². The second-order valence-electron chi connectivity index (χ2n) is 8.59. The molecule has 0 aromatic carbocycles. The highest BCUT2D eigenvalue weighted by Crippen LogP contribution is 2.37. The van der Waals surface area contributed by atoms with Gasteiger partial charge >= 0.3 is 12.4 Å². The van der Waals surface area contributed by atoms with E-state index in [-0.39, 0.29) is 36.8 Å². The normalized spacial score (nSPS) is 21.7. The highest BCUT2D eigenvalue weighted by molar-refractivity contribution is 5.43. The first-order valence-corrected chi connectivity index (χ1v) is 10.9. The van der Waals surface area contributed by atoms with Crippen molar-refractivity contribution < 1.29 is 35.8 Å². The number of ether oxygens (including phenoxy) is 2. The molecule has 1 saturated heterocycles. The highest BCUT2D eigenvalue weighted by atomic mass is 19.4. The predicted molar refractivity (Wildman–Crippen MR) is 109 cm³/mol. The molecule has 188 valence electrons. The monoisotopic (exact) mass is 502 g/mol. The van der Waals surface area contributed by atoms with Gasteiger partial charge in [-0.25, -0.2) is 4.98 Å². The Bertz CT molecular complexity index is 1210. The molecule has 8 nitrogen and oxygen atoms in total. The van der Waals surface area contributed by atoms with Gasteiger partial charge in [0.25, 0.3) is 0 Å². The number of anilines is 1. The largest absolute Gasteiger partial charge is 0.469 e. The number of nitrogens with zero attached hydrogens (tertiary/aromatic N) is 5. The first kappa shape index (κ1) is 23.6. The van der Waals surface area contributed by atoms with Gasteiger partial charge in [-0.05, 0) is 31.4 Å². The van der Waals surface area contributed by atoms with E-state index in [1.807, 2.05) is 0 Å². The first-order chi connectivity index (χ1) is 16.6. The molecular weight excluding hydrogens is 482 g/mol. The van der Waals surface area contributed by atoms with Crippen LogP contribution in [0.4, 0.5) is 32.3 Å². The van der Waals surface area contributed by atoms with Crippen molar-refractivity contribution in [2.24, 2.45) is 0 Å². The molecule has 4 heterocycles. The van der Waals surface area contributed by atoms with E-state index in [9.17, 15) is 26.3 Å². The van der Waals surface area contributed by atoms with Crippen LogP contribution in [0.5, 0.6) is 5.88 Å². The lowest BCUT2D eigenvalue weighted by molar-refractivity contribution is -0.142. The van der Waals surface area contributed by atoms with Gasteiger partial charge in [-0.2, -0.15) is 31.3 Å². The molecule has 0 amide bonds. The van der Waals surface area contributed by atoms with Gasteiger partial charge in [0, 0.05) is 24.4 Å². The smallest absolute Gasteiger partial charge is 0.423 e. The van der Waals surface area contributed by atoms with E-state index >= 15 is 0 Å². The number of pyridine rings is 1. The van der Waals surface area contributed by atoms with E-state index in [0.717, 1.165) is 25.0 Å². The van der Waals surface area contributed by atoms with E-state index in [1.165, 1.54) is 10.6 Å². The Hall–Kier alpha value is -3.16. The van der Waals surface area contributed by atoms with Gasteiger partial charge in [0.15, 0.2) is 5.65 Å². The Balaban J connectivity index is 1.33. The average Bonchev–Trinajstić information content (AvgIpc) is 3.19. The molecule has 1 aliphatic heterocycles. The SMILES string of the molecule is FC(F)(F)c1ccn2c([C@H]3CCC[C@@H](Nc4ncc(C(F)(F)F)c(OC5COC5)n4)C3)nnc2c1. The van der Waals surface area contributed by atoms with Crippen LogP contribution < -0.4 is 10.1 Å². The van der Waals surface area contributed by atoms with Gasteiger partial charge in [0.1, 0.15) is 17.5 Å². The Labute approximate surface area is 194 Å². The average molecular weight is 502 g/mol. The van der Waals surface area contributed by atoms with Crippen LogP contribution in [0, 0.1) is 0 Å². The topological polar surface area (TPSA) is 86.5 Å². The number of rotatable bonds is 5. The third-order valence-corrected chi connectivity index (χ3v) is 6.08. The fraction of sp³-hybridized carbons (Fsp3) is 0.524. The summed E-state index contributed by atoms with van der Waals surface area (Å²) < 4.78 is 90.9. The molecule has 2 aliphatic rings. The Morgan fingerprint density at radius 3 is 2.54 bits per heavy atom. The van der Waals surface area contributed by atoms with Crippen LogP contribution in [0.3, 0.4) is 0 Å². The van der Waals surface area contributed by atoms with Crippen LogP contribution in [0.15, 0.2) is 24.5 Å². The van der Waals surface area contributed by atoms with Crippen LogP contribution in [0.25, 0.3) is 5.65 Å². The van der Waals surface area contributed by atoms with Crippen molar-refractivity contribution in [3.05, 3.63) is 41.5 Å². The maximum absolute atomic E-state index is 13.3. The third-order valence-electron chi connectivity index (χ3n) is 6.08. The third kappa shape index (κ3) is 4.97. The summed E-state index contributed by atoms with van der Waals surface area (Å²) in [6.07, 6.45) is -4.92. The van der Waals surface area contributed by atoms with Crippen molar-refractivity contribution in [2.45, 2.75) is 56.1 Å². The molecule has 3 aromatic heterocycles. The molecule has 1 N–H and O–H groups in total. The number of aromatic nitrogens is 5. The first-order valence-electron chi connectivity index (χ1n) is 10.9. The molecular formula is C21H20F6N6O2. The second-order valence-corrected chi connectivity index (χ2v) is 8.59. The quantitative estimate of drug-likeness (QED) is 0.515. The minimum atomic E-state index is -4.67. The van der Waals surface area contributed by atoms with Crippen LogP contribution >= 0.6 is 0 Å². The van der Waals surface area contributed by atoms with E-state index in [4.69, 9.17) is 9.47 Å². The number of fused-ring (bicyclic) bond motifs is 1. The standard InChI is InChI=1S/C21H20F6N6O2/c22-20(23,24)12-4-5-33-16(7-12)31-32-17(33)11-2-1-3-13(6-11)29-19-28-8-15(21(25,26)27)18(30-19)35-14-9-34-10-14/h4-5,7-8,11,13-14H,1-3,6,9-10H2,(H,28,29,30)/t11-,13+/m0/s1. The molecule has 0 bridgehead atoms. The predicted octanol–water partition coefficient (Wildman–Crippen LogP) is 4.47. The van der Waals surface area contributed by atoms with Crippen molar-refractivity contribution in [3.8, 4) is 5.88 Å². The fourth-order valence-electron chi connectivity index (χ4n) is 4.26. The molecule has 0 spiro atoms. The zero-order valence-electron chi connectivity index (χ0n) is 18.1. The number of hydrogen-bond donors (Lipinski definition) is 1. The van der Waals surface area contributed by atoms with Gasteiger partial charge in [-0.15, -0.1) is 10.2 Å². The zero-order valence-corrected chi connectivity index (χ0v) is 18.1. The van der Waals surface area contributed by atoms with Gasteiger partial charge in [0.2, 0.25) is 11.8 Å². The summed E-state index contributed by atoms with van der Waals surface area (Å²) in [5.74, 6) is -0.146. The maximum Gasteiger partial charge on any atom is 0.423 e. The minimum absolute atomic E-state index is 0.000174. The molecule has 2 fully saturated rings. The summed E-state index contributed by atoms with van der Waals surface area (Å²) in [6.45, 7) is 0.371. The molecule has 5 rings (SSSR count). The van der Waals surface area contributed by atoms with Gasteiger partial charge in [0.05, 0.1) is 18.8 Å². The van der Waals surface area contributed by atoms with Gasteiger partial charge < -0.3 is 14.8 Å². The van der Waals surface area contributed by atoms with Crippen molar-refractivity contribution in [3.63, 3.8) is 0 Å². The van der Waals surface area contributed by atoms with E-state index in [2.05, 4.69) is 25.5 Å². The van der Waals surface area contributed by atoms with Crippen molar-refractivity contribution in [1.82, 2.24) is 24.6 Å². The molecule has 3 aromatic rings. The lowest BCUT2D eigenvalue weighted by atomic mass is 9.85. The molecule has 1 saturated carbocycles. The lowest BCUT2D eigenvalue weighted by Crippen LogP contribution is -2.39. The number of hydrogen-bond acceptors (Lipinski definition) is 7. The number of halogens is 6. The van der Waals surface area contributed by atoms with Gasteiger partial charge in [-0.1, -0.05) is 6.42 Å². The Kier molecular flexibility index (Phi) is 5.93. The van der Waals surface area contributed by atoms with E-state index in [1.54, 1.807) is 0 Å². The molecule has 1 aliphatic carbocycles. The van der Waals surface area contributed by atoms with Crippen LogP contribution in [-0.2, 0) is 17.1 Å². The van der Waals surface area contributed by atoms with Crippen LogP contribution in [-0.4, -0.2) is 49.9 Å². The zero-order chi connectivity index (χ0) is 24.8. The lowest BCUT2D eigenvalue weighted by Gasteiger charge is -2.29.